The molecular formula is C27H16ClN3O. The first kappa shape index (κ1) is 13.4. The number of benzene rings is 4. The van der Waals surface area contributed by atoms with Gasteiger partial charge in [-0.15, -0.1) is 0 Å². The molecule has 0 N–H and O–H groups in total. The lowest BCUT2D eigenvalue weighted by Gasteiger charge is -2.08. The second kappa shape index (κ2) is 7.59. The van der Waals surface area contributed by atoms with Crippen LogP contribution in [0.1, 0.15) is 8.22 Å². The third kappa shape index (κ3) is 3.22. The summed E-state index contributed by atoms with van der Waals surface area (Å²) in [4.78, 5) is 13.8. The van der Waals surface area contributed by atoms with Gasteiger partial charge in [-0.25, -0.2) is 15.0 Å². The molecule has 2 aromatic heterocycles. The standard InChI is InChI=1S/C27H16ClN3O/c28-22-13-7-12-21-20-15-14-19(16-23(20)32-24(21)22)27-30-25(17-8-3-1-4-9-17)29-26(31-27)18-10-5-2-6-11-18/h1-16H/i7D,12D,13D,14D,15D,16D. The molecule has 0 bridgehead atoms. The molecule has 0 aliphatic carbocycles. The monoisotopic (exact) mass is 439 g/mol. The van der Waals surface area contributed by atoms with Gasteiger partial charge in [0.25, 0.3) is 0 Å². The van der Waals surface area contributed by atoms with Crippen molar-refractivity contribution in [3.05, 3.63) is 102 Å². The molecule has 0 fully saturated rings. The van der Waals surface area contributed by atoms with Gasteiger partial charge in [0.2, 0.25) is 0 Å². The maximum atomic E-state index is 8.95. The summed E-state index contributed by atoms with van der Waals surface area (Å²) in [7, 11) is 0. The first-order chi connectivity index (χ1) is 18.3. The number of halogens is 1. The minimum Gasteiger partial charge on any atom is -0.454 e. The summed E-state index contributed by atoms with van der Waals surface area (Å²) < 4.78 is 56.8. The molecule has 0 radical (unpaired) electrons. The lowest BCUT2D eigenvalue weighted by molar-refractivity contribution is 0.669. The van der Waals surface area contributed by atoms with Gasteiger partial charge >= 0.3 is 0 Å². The smallest absolute Gasteiger partial charge is 0.164 e. The van der Waals surface area contributed by atoms with Gasteiger partial charge in [0, 0.05) is 27.5 Å². The molecule has 0 spiro atoms. The van der Waals surface area contributed by atoms with Crippen LogP contribution in [0.2, 0.25) is 5.02 Å². The van der Waals surface area contributed by atoms with Crippen LogP contribution >= 0.6 is 11.6 Å². The van der Waals surface area contributed by atoms with E-state index in [1.54, 1.807) is 0 Å². The van der Waals surface area contributed by atoms with E-state index >= 15 is 0 Å². The molecule has 0 saturated carbocycles. The van der Waals surface area contributed by atoms with Gasteiger partial charge in [-0.2, -0.15) is 0 Å². The van der Waals surface area contributed by atoms with Crippen molar-refractivity contribution >= 4 is 33.5 Å². The number of para-hydroxylation sites is 1. The summed E-state index contributed by atoms with van der Waals surface area (Å²) in [6, 6.07) is 16.4. The highest BCUT2D eigenvalue weighted by molar-refractivity contribution is 6.35. The Bertz CT molecular complexity index is 1840. The van der Waals surface area contributed by atoms with E-state index in [-0.39, 0.29) is 68.6 Å². The second-order valence-corrected chi connectivity index (χ2v) is 7.37. The molecule has 6 aromatic rings. The van der Waals surface area contributed by atoms with Crippen molar-refractivity contribution in [2.75, 3.05) is 0 Å². The van der Waals surface area contributed by atoms with E-state index in [0.717, 1.165) is 0 Å². The van der Waals surface area contributed by atoms with E-state index in [4.69, 9.17) is 24.2 Å². The van der Waals surface area contributed by atoms with Crippen LogP contribution in [0, 0.1) is 0 Å². The molecule has 4 nitrogen and oxygen atoms in total. The normalized spacial score (nSPS) is 13.9. The fourth-order valence-electron chi connectivity index (χ4n) is 3.42. The van der Waals surface area contributed by atoms with Crippen molar-refractivity contribution in [3.63, 3.8) is 0 Å². The summed E-state index contributed by atoms with van der Waals surface area (Å²) in [6.07, 6.45) is 0. The molecule has 0 unspecified atom stereocenters. The predicted octanol–water partition coefficient (Wildman–Crippen LogP) is 7.43. The Morgan fingerprint density at radius 3 is 1.88 bits per heavy atom. The molecule has 2 heterocycles. The van der Waals surface area contributed by atoms with Crippen LogP contribution in [0.4, 0.5) is 0 Å². The molecule has 4 aromatic carbocycles. The van der Waals surface area contributed by atoms with Crippen molar-refractivity contribution in [3.8, 4) is 34.2 Å². The average molecular weight is 440 g/mol. The highest BCUT2D eigenvalue weighted by Crippen LogP contribution is 2.35. The Hall–Kier alpha value is -4.02. The second-order valence-electron chi connectivity index (χ2n) is 6.99. The first-order valence-corrected chi connectivity index (χ1v) is 10.1. The molecule has 0 amide bonds. The number of hydrogen-bond acceptors (Lipinski definition) is 4. The first-order valence-electron chi connectivity index (χ1n) is 12.8. The van der Waals surface area contributed by atoms with Crippen molar-refractivity contribution in [1.29, 1.82) is 0 Å². The fraction of sp³-hybridized carbons (Fsp3) is 0. The number of hydrogen-bond donors (Lipinski definition) is 0. The highest BCUT2D eigenvalue weighted by atomic mass is 35.5. The van der Waals surface area contributed by atoms with E-state index in [0.29, 0.717) is 22.8 Å². The number of nitrogens with zero attached hydrogens (tertiary/aromatic N) is 3. The van der Waals surface area contributed by atoms with E-state index in [1.165, 1.54) is 0 Å². The zero-order valence-electron chi connectivity index (χ0n) is 22.4. The minimum absolute atomic E-state index is 0.0137. The van der Waals surface area contributed by atoms with Crippen molar-refractivity contribution in [2.45, 2.75) is 0 Å². The van der Waals surface area contributed by atoms with Gasteiger partial charge in [-0.3, -0.25) is 0 Å². The van der Waals surface area contributed by atoms with E-state index in [1.807, 2.05) is 60.7 Å². The summed E-state index contributed by atoms with van der Waals surface area (Å²) in [6.45, 7) is 0. The van der Waals surface area contributed by atoms with Crippen molar-refractivity contribution in [2.24, 2.45) is 0 Å². The quantitative estimate of drug-likeness (QED) is 0.287. The van der Waals surface area contributed by atoms with Gasteiger partial charge < -0.3 is 4.42 Å². The largest absolute Gasteiger partial charge is 0.454 e. The third-order valence-corrected chi connectivity index (χ3v) is 5.21. The van der Waals surface area contributed by atoms with Gasteiger partial charge in [-0.1, -0.05) is 90.4 Å². The van der Waals surface area contributed by atoms with E-state index in [9.17, 15) is 0 Å². The van der Waals surface area contributed by atoms with Gasteiger partial charge in [0.05, 0.1) is 13.2 Å². The lowest BCUT2D eigenvalue weighted by atomic mass is 10.1. The van der Waals surface area contributed by atoms with E-state index in [2.05, 4.69) is 15.0 Å². The zero-order valence-corrected chi connectivity index (χ0v) is 17.2. The summed E-state index contributed by atoms with van der Waals surface area (Å²) in [5.74, 6) is 0.681. The fourth-order valence-corrected chi connectivity index (χ4v) is 3.60. The molecule has 0 aliphatic heterocycles. The average Bonchev–Trinajstić information content (AvgIpc) is 3.36. The van der Waals surface area contributed by atoms with Crippen molar-refractivity contribution < 1.29 is 12.6 Å². The Morgan fingerprint density at radius 1 is 0.656 bits per heavy atom. The van der Waals surface area contributed by atoms with Gasteiger partial charge in [-0.05, 0) is 18.1 Å². The maximum absolute atomic E-state index is 8.95. The topological polar surface area (TPSA) is 51.8 Å². The Kier molecular flexibility index (Phi) is 3.18. The molecule has 0 aliphatic rings. The third-order valence-electron chi connectivity index (χ3n) is 4.94. The molecule has 5 heteroatoms. The number of aromatic nitrogens is 3. The Balaban J connectivity index is 1.70. The summed E-state index contributed by atoms with van der Waals surface area (Å²) in [5, 5.41) is -0.156. The van der Waals surface area contributed by atoms with Crippen LogP contribution < -0.4 is 0 Å². The van der Waals surface area contributed by atoms with Crippen LogP contribution in [-0.4, -0.2) is 15.0 Å². The SMILES string of the molecule is [2H]c1c([2H])c([2H])c2c(oc3c([2H])c(-c4nc(-c5ccccc5)nc(-c5ccccc5)n4)c([2H])c([2H])c32)c1Cl. The predicted molar refractivity (Wildman–Crippen MR) is 128 cm³/mol. The molecule has 0 saturated heterocycles. The van der Waals surface area contributed by atoms with Crippen LogP contribution in [0.3, 0.4) is 0 Å². The molecule has 6 rings (SSSR count). The Morgan fingerprint density at radius 2 is 1.25 bits per heavy atom. The van der Waals surface area contributed by atoms with Crippen molar-refractivity contribution in [1.82, 2.24) is 15.0 Å². The number of fused-ring (bicyclic) bond motifs is 3. The molecule has 32 heavy (non-hydrogen) atoms. The molecule has 152 valence electrons. The van der Waals surface area contributed by atoms with Crippen LogP contribution in [-0.2, 0) is 0 Å². The molecule has 0 atom stereocenters. The Labute approximate surface area is 197 Å². The van der Waals surface area contributed by atoms with Gasteiger partial charge in [0.15, 0.2) is 23.1 Å². The highest BCUT2D eigenvalue weighted by Gasteiger charge is 2.15. The molecular weight excluding hydrogens is 418 g/mol. The number of rotatable bonds is 3. The minimum atomic E-state index is -0.427. The summed E-state index contributed by atoms with van der Waals surface area (Å²) in [5.41, 5.74) is 1.20. The van der Waals surface area contributed by atoms with Crippen LogP contribution in [0.25, 0.3) is 56.1 Å². The van der Waals surface area contributed by atoms with Crippen LogP contribution in [0.5, 0.6) is 0 Å². The number of furan rings is 1. The lowest BCUT2D eigenvalue weighted by Crippen LogP contribution is -2.00. The van der Waals surface area contributed by atoms with E-state index < -0.39 is 6.04 Å². The summed E-state index contributed by atoms with van der Waals surface area (Å²) >= 11 is 6.27. The zero-order chi connectivity index (χ0) is 26.7. The van der Waals surface area contributed by atoms with Crippen LogP contribution in [0.15, 0.2) is 101 Å². The van der Waals surface area contributed by atoms with Gasteiger partial charge in [0.1, 0.15) is 5.58 Å². The maximum Gasteiger partial charge on any atom is 0.164 e.